The molecular formula is C32H24N6O10. The number of nitrogens with one attached hydrogen (secondary N) is 2. The summed E-state index contributed by atoms with van der Waals surface area (Å²) in [6, 6.07) is 14.0. The summed E-state index contributed by atoms with van der Waals surface area (Å²) >= 11 is 0. The molecule has 0 bridgehead atoms. The van der Waals surface area contributed by atoms with Gasteiger partial charge in [-0.05, 0) is 22.9 Å². The summed E-state index contributed by atoms with van der Waals surface area (Å²) in [5.74, 6) is -3.82. The third-order valence-electron chi connectivity index (χ3n) is 8.14. The van der Waals surface area contributed by atoms with E-state index in [-0.39, 0.29) is 72.6 Å². The first-order valence-corrected chi connectivity index (χ1v) is 14.6. The van der Waals surface area contributed by atoms with Gasteiger partial charge in [0.15, 0.2) is 0 Å². The van der Waals surface area contributed by atoms with E-state index in [9.17, 15) is 49.0 Å². The van der Waals surface area contributed by atoms with Gasteiger partial charge < -0.3 is 10.6 Å². The minimum absolute atomic E-state index is 0.00643. The maximum absolute atomic E-state index is 13.1. The molecule has 0 aromatic heterocycles. The lowest BCUT2D eigenvalue weighted by atomic mass is 9.93. The highest BCUT2D eigenvalue weighted by Gasteiger charge is 2.36. The molecule has 48 heavy (non-hydrogen) atoms. The molecule has 4 aromatic carbocycles. The van der Waals surface area contributed by atoms with E-state index in [0.29, 0.717) is 21.5 Å². The van der Waals surface area contributed by atoms with Crippen molar-refractivity contribution in [2.45, 2.75) is 12.8 Å². The second-order valence-corrected chi connectivity index (χ2v) is 11.0. The standard InChI is InChI=1S/C32H24N6O10/c39-25(7-11-35-29(41)21-5-1-3-17-13-19(37(45)46)15-23(27(17)21)31(35)43)33-9-10-34-26(40)8-12-36-30(42)22-6-2-4-18-14-20(38(47)48)16-24(28(18)22)32(36)44/h1-6,13-16H,7-12H2,(H,33,39)(H,34,40). The van der Waals surface area contributed by atoms with Crippen molar-refractivity contribution in [3.8, 4) is 0 Å². The molecule has 2 aliphatic heterocycles. The number of amides is 6. The van der Waals surface area contributed by atoms with Gasteiger partial charge in [-0.15, -0.1) is 0 Å². The van der Waals surface area contributed by atoms with Gasteiger partial charge in [0.2, 0.25) is 11.8 Å². The molecule has 2 aliphatic rings. The van der Waals surface area contributed by atoms with Crippen molar-refractivity contribution in [2.24, 2.45) is 0 Å². The van der Waals surface area contributed by atoms with Crippen LogP contribution in [0.3, 0.4) is 0 Å². The summed E-state index contributed by atoms with van der Waals surface area (Å²) in [6.07, 6.45) is -0.533. The summed E-state index contributed by atoms with van der Waals surface area (Å²) in [6.45, 7) is -0.596. The minimum Gasteiger partial charge on any atom is -0.354 e. The fourth-order valence-electron chi connectivity index (χ4n) is 5.91. The molecule has 0 unspecified atom stereocenters. The van der Waals surface area contributed by atoms with Crippen LogP contribution in [0, 0.1) is 20.2 Å². The van der Waals surface area contributed by atoms with Crippen LogP contribution >= 0.6 is 0 Å². The Morgan fingerprint density at radius 3 is 1.33 bits per heavy atom. The van der Waals surface area contributed by atoms with Gasteiger partial charge in [0, 0.05) is 85.2 Å². The Morgan fingerprint density at radius 2 is 0.958 bits per heavy atom. The zero-order valence-corrected chi connectivity index (χ0v) is 24.9. The van der Waals surface area contributed by atoms with Gasteiger partial charge in [0.1, 0.15) is 0 Å². The molecule has 0 saturated carbocycles. The van der Waals surface area contributed by atoms with E-state index < -0.39 is 45.3 Å². The van der Waals surface area contributed by atoms with Crippen molar-refractivity contribution in [1.82, 2.24) is 20.4 Å². The quantitative estimate of drug-likeness (QED) is 0.104. The van der Waals surface area contributed by atoms with Crippen molar-refractivity contribution in [3.63, 3.8) is 0 Å². The molecule has 6 amide bonds. The van der Waals surface area contributed by atoms with Crippen LogP contribution in [0.5, 0.6) is 0 Å². The molecule has 0 aliphatic carbocycles. The molecule has 2 heterocycles. The van der Waals surface area contributed by atoms with Gasteiger partial charge in [-0.25, -0.2) is 0 Å². The number of hydrogen-bond acceptors (Lipinski definition) is 10. The molecular weight excluding hydrogens is 628 g/mol. The number of nitrogens with zero attached hydrogens (tertiary/aromatic N) is 4. The van der Waals surface area contributed by atoms with Crippen LogP contribution in [0.15, 0.2) is 60.7 Å². The van der Waals surface area contributed by atoms with Gasteiger partial charge in [-0.2, -0.15) is 0 Å². The van der Waals surface area contributed by atoms with Crippen molar-refractivity contribution >= 4 is 68.4 Å². The lowest BCUT2D eigenvalue weighted by Crippen LogP contribution is -2.43. The first-order chi connectivity index (χ1) is 23.0. The highest BCUT2D eigenvalue weighted by Crippen LogP contribution is 2.35. The SMILES string of the molecule is O=C(CCN1C(=O)c2cccc3cc([N+](=O)[O-])cc(c23)C1=O)NCCNC(=O)CCN1C(=O)c2cccc3cc([N+](=O)[O-])cc(c23)C1=O. The first-order valence-electron chi connectivity index (χ1n) is 14.6. The average molecular weight is 653 g/mol. The molecule has 0 saturated heterocycles. The molecule has 0 radical (unpaired) electrons. The summed E-state index contributed by atoms with van der Waals surface area (Å²) in [5.41, 5.74) is -0.242. The number of benzene rings is 4. The molecule has 16 nitrogen and oxygen atoms in total. The lowest BCUT2D eigenvalue weighted by Gasteiger charge is -2.27. The maximum atomic E-state index is 13.1. The number of nitro groups is 2. The summed E-state index contributed by atoms with van der Waals surface area (Å²) in [7, 11) is 0. The van der Waals surface area contributed by atoms with Crippen LogP contribution in [0.1, 0.15) is 54.3 Å². The van der Waals surface area contributed by atoms with Crippen LogP contribution in [0.25, 0.3) is 21.5 Å². The number of imide groups is 2. The Kier molecular flexibility index (Phi) is 8.06. The van der Waals surface area contributed by atoms with Gasteiger partial charge in [-0.3, -0.25) is 58.8 Å². The fourth-order valence-corrected chi connectivity index (χ4v) is 5.91. The Labute approximate surface area is 269 Å². The third-order valence-corrected chi connectivity index (χ3v) is 8.14. The van der Waals surface area contributed by atoms with Gasteiger partial charge >= 0.3 is 0 Å². The molecule has 0 spiro atoms. The third kappa shape index (κ3) is 5.55. The van der Waals surface area contributed by atoms with Gasteiger partial charge in [0.25, 0.3) is 35.0 Å². The number of carbonyl (C=O) groups excluding carboxylic acids is 6. The first kappa shape index (κ1) is 31.4. The van der Waals surface area contributed by atoms with E-state index in [4.69, 9.17) is 0 Å². The maximum Gasteiger partial charge on any atom is 0.270 e. The predicted octanol–water partition coefficient (Wildman–Crippen LogP) is 2.71. The molecule has 6 rings (SSSR count). The van der Waals surface area contributed by atoms with Crippen LogP contribution in [-0.2, 0) is 9.59 Å². The van der Waals surface area contributed by atoms with Crippen molar-refractivity contribution in [2.75, 3.05) is 26.2 Å². The highest BCUT2D eigenvalue weighted by molar-refractivity contribution is 6.27. The van der Waals surface area contributed by atoms with Crippen molar-refractivity contribution in [3.05, 3.63) is 103 Å². The zero-order valence-electron chi connectivity index (χ0n) is 24.9. The minimum atomic E-state index is -0.753. The summed E-state index contributed by atoms with van der Waals surface area (Å²) < 4.78 is 0. The van der Waals surface area contributed by atoms with Crippen LogP contribution < -0.4 is 10.6 Å². The van der Waals surface area contributed by atoms with Crippen molar-refractivity contribution < 1.29 is 38.6 Å². The van der Waals surface area contributed by atoms with Gasteiger partial charge in [0.05, 0.1) is 21.0 Å². The van der Waals surface area contributed by atoms with Gasteiger partial charge in [-0.1, -0.05) is 24.3 Å². The number of rotatable bonds is 11. The zero-order chi connectivity index (χ0) is 34.3. The van der Waals surface area contributed by atoms with E-state index in [2.05, 4.69) is 10.6 Å². The normalized spacial score (nSPS) is 13.7. The molecule has 2 N–H and O–H groups in total. The number of non-ortho nitro benzene ring substituents is 2. The number of nitro benzene ring substituents is 2. The van der Waals surface area contributed by atoms with Crippen molar-refractivity contribution in [1.29, 1.82) is 0 Å². The van der Waals surface area contributed by atoms with E-state index >= 15 is 0 Å². The fraction of sp³-hybridized carbons (Fsp3) is 0.188. The topological polar surface area (TPSA) is 219 Å². The molecule has 242 valence electrons. The molecule has 4 aromatic rings. The molecule has 16 heteroatoms. The van der Waals surface area contributed by atoms with E-state index in [0.717, 1.165) is 21.9 Å². The second-order valence-electron chi connectivity index (χ2n) is 11.0. The van der Waals surface area contributed by atoms with Crippen LogP contribution in [-0.4, -0.2) is 81.3 Å². The van der Waals surface area contributed by atoms with Crippen LogP contribution in [0.4, 0.5) is 11.4 Å². The van der Waals surface area contributed by atoms with E-state index in [1.54, 1.807) is 24.3 Å². The number of hydrogen-bond donors (Lipinski definition) is 2. The largest absolute Gasteiger partial charge is 0.354 e. The lowest BCUT2D eigenvalue weighted by molar-refractivity contribution is -0.384. The summed E-state index contributed by atoms with van der Waals surface area (Å²) in [4.78, 5) is 101. The smallest absolute Gasteiger partial charge is 0.270 e. The summed E-state index contributed by atoms with van der Waals surface area (Å²) in [5, 5.41) is 29.2. The molecule has 0 atom stereocenters. The molecule has 0 fully saturated rings. The highest BCUT2D eigenvalue weighted by atomic mass is 16.6. The average Bonchev–Trinajstić information content (AvgIpc) is 3.07. The Bertz CT molecular complexity index is 1990. The Morgan fingerprint density at radius 1 is 0.583 bits per heavy atom. The number of carbonyl (C=O) groups is 6. The Balaban J connectivity index is 0.991. The van der Waals surface area contributed by atoms with E-state index in [1.807, 2.05) is 0 Å². The second kappa shape index (κ2) is 12.3. The van der Waals surface area contributed by atoms with E-state index in [1.165, 1.54) is 24.3 Å². The van der Waals surface area contributed by atoms with Crippen LogP contribution in [0.2, 0.25) is 0 Å². The monoisotopic (exact) mass is 652 g/mol. The Hall–Kier alpha value is -6.58. The predicted molar refractivity (Wildman–Crippen MR) is 167 cm³/mol.